The molecule has 0 amide bonds. The van der Waals surface area contributed by atoms with Crippen molar-refractivity contribution in [2.24, 2.45) is 5.92 Å². The summed E-state index contributed by atoms with van der Waals surface area (Å²) in [5, 5.41) is 22.1. The Morgan fingerprint density at radius 2 is 1.82 bits per heavy atom. The largest absolute Gasteiger partial charge is 0.504 e. The average Bonchev–Trinajstić information content (AvgIpc) is 2.33. The highest BCUT2D eigenvalue weighted by molar-refractivity contribution is 5.40. The van der Waals surface area contributed by atoms with Gasteiger partial charge in [-0.15, -0.1) is 0 Å². The van der Waals surface area contributed by atoms with Crippen molar-refractivity contribution in [3.8, 4) is 11.5 Å². The van der Waals surface area contributed by atoms with Crippen LogP contribution in [0.1, 0.15) is 38.2 Å². The standard InChI is InChI=1S/C14H21NO2/c1-10-2-5-12(6-3-10)15-9-11-4-7-13(16)14(17)8-11/h4,7-8,10,12,15-17H,2-3,5-6,9H2,1H3. The normalized spacial score (nSPS) is 24.8. The maximum Gasteiger partial charge on any atom is 0.157 e. The highest BCUT2D eigenvalue weighted by Crippen LogP contribution is 2.26. The number of phenols is 2. The van der Waals surface area contributed by atoms with E-state index in [4.69, 9.17) is 0 Å². The molecule has 1 aliphatic rings. The molecule has 1 aromatic carbocycles. The Kier molecular flexibility index (Phi) is 3.89. The Bertz CT molecular complexity index is 370. The molecule has 3 N–H and O–H groups in total. The zero-order chi connectivity index (χ0) is 12.3. The van der Waals surface area contributed by atoms with E-state index in [1.165, 1.54) is 31.7 Å². The quantitative estimate of drug-likeness (QED) is 0.706. The second-order valence-corrected chi connectivity index (χ2v) is 5.16. The van der Waals surface area contributed by atoms with E-state index in [0.29, 0.717) is 6.04 Å². The van der Waals surface area contributed by atoms with Crippen LogP contribution in [0.5, 0.6) is 11.5 Å². The van der Waals surface area contributed by atoms with Gasteiger partial charge in [0.2, 0.25) is 0 Å². The molecule has 0 aliphatic heterocycles. The van der Waals surface area contributed by atoms with Crippen molar-refractivity contribution < 1.29 is 10.2 Å². The van der Waals surface area contributed by atoms with E-state index in [-0.39, 0.29) is 11.5 Å². The number of phenolic OH excluding ortho intramolecular Hbond substituents is 2. The first-order valence-corrected chi connectivity index (χ1v) is 6.39. The van der Waals surface area contributed by atoms with Gasteiger partial charge in [0.15, 0.2) is 11.5 Å². The highest BCUT2D eigenvalue weighted by Gasteiger charge is 2.17. The van der Waals surface area contributed by atoms with Crippen LogP contribution >= 0.6 is 0 Å². The van der Waals surface area contributed by atoms with Crippen LogP contribution in [0.2, 0.25) is 0 Å². The van der Waals surface area contributed by atoms with Crippen LogP contribution < -0.4 is 5.32 Å². The van der Waals surface area contributed by atoms with Crippen LogP contribution in [0.4, 0.5) is 0 Å². The van der Waals surface area contributed by atoms with Gasteiger partial charge in [0, 0.05) is 12.6 Å². The molecule has 17 heavy (non-hydrogen) atoms. The molecule has 0 unspecified atom stereocenters. The molecule has 0 spiro atoms. The van der Waals surface area contributed by atoms with Gasteiger partial charge in [0.05, 0.1) is 0 Å². The average molecular weight is 235 g/mol. The maximum atomic E-state index is 9.39. The molecule has 0 aromatic heterocycles. The summed E-state index contributed by atoms with van der Waals surface area (Å²) in [7, 11) is 0. The van der Waals surface area contributed by atoms with Gasteiger partial charge >= 0.3 is 0 Å². The first-order valence-electron chi connectivity index (χ1n) is 6.39. The Morgan fingerprint density at radius 3 is 2.47 bits per heavy atom. The molecule has 0 atom stereocenters. The summed E-state index contributed by atoms with van der Waals surface area (Å²) in [6, 6.07) is 5.60. The third kappa shape index (κ3) is 3.37. The maximum absolute atomic E-state index is 9.39. The van der Waals surface area contributed by atoms with Crippen molar-refractivity contribution in [2.75, 3.05) is 0 Å². The minimum Gasteiger partial charge on any atom is -0.504 e. The first-order chi connectivity index (χ1) is 8.15. The Labute approximate surface area is 102 Å². The van der Waals surface area contributed by atoms with Gasteiger partial charge < -0.3 is 15.5 Å². The molecule has 1 saturated carbocycles. The Balaban J connectivity index is 1.83. The second-order valence-electron chi connectivity index (χ2n) is 5.16. The van der Waals surface area contributed by atoms with E-state index in [2.05, 4.69) is 12.2 Å². The fourth-order valence-corrected chi connectivity index (χ4v) is 2.41. The summed E-state index contributed by atoms with van der Waals surface area (Å²) in [4.78, 5) is 0. The molecule has 0 radical (unpaired) electrons. The molecule has 94 valence electrons. The summed E-state index contributed by atoms with van der Waals surface area (Å²) in [6.07, 6.45) is 5.09. The van der Waals surface area contributed by atoms with Crippen LogP contribution in [-0.2, 0) is 6.54 Å². The molecule has 1 aromatic rings. The minimum atomic E-state index is -0.0553. The van der Waals surface area contributed by atoms with Gasteiger partial charge in [0.25, 0.3) is 0 Å². The number of rotatable bonds is 3. The molecule has 3 heteroatoms. The lowest BCUT2D eigenvalue weighted by molar-refractivity contribution is 0.306. The predicted octanol–water partition coefficient (Wildman–Crippen LogP) is 2.77. The van der Waals surface area contributed by atoms with Crippen molar-refractivity contribution in [3.63, 3.8) is 0 Å². The van der Waals surface area contributed by atoms with Crippen molar-refractivity contribution in [1.29, 1.82) is 0 Å². The molecular weight excluding hydrogens is 214 g/mol. The lowest BCUT2D eigenvalue weighted by Crippen LogP contribution is -2.32. The zero-order valence-corrected chi connectivity index (χ0v) is 10.3. The van der Waals surface area contributed by atoms with Gasteiger partial charge in [-0.3, -0.25) is 0 Å². The number of hydrogen-bond acceptors (Lipinski definition) is 3. The van der Waals surface area contributed by atoms with Crippen LogP contribution in [0, 0.1) is 5.92 Å². The summed E-state index contributed by atoms with van der Waals surface area (Å²) in [6.45, 7) is 3.07. The van der Waals surface area contributed by atoms with E-state index in [0.717, 1.165) is 18.0 Å². The number of benzene rings is 1. The highest BCUT2D eigenvalue weighted by atomic mass is 16.3. The molecule has 0 bridgehead atoms. The van der Waals surface area contributed by atoms with E-state index in [1.807, 2.05) is 6.07 Å². The fraction of sp³-hybridized carbons (Fsp3) is 0.571. The van der Waals surface area contributed by atoms with Gasteiger partial charge in [-0.05, 0) is 49.3 Å². The lowest BCUT2D eigenvalue weighted by Gasteiger charge is -2.27. The SMILES string of the molecule is CC1CCC(NCc2ccc(O)c(O)c2)CC1. The van der Waals surface area contributed by atoms with E-state index < -0.39 is 0 Å². The van der Waals surface area contributed by atoms with Crippen molar-refractivity contribution >= 4 is 0 Å². The number of hydrogen-bond donors (Lipinski definition) is 3. The van der Waals surface area contributed by atoms with E-state index in [9.17, 15) is 10.2 Å². The smallest absolute Gasteiger partial charge is 0.157 e. The summed E-state index contributed by atoms with van der Waals surface area (Å²) in [5.74, 6) is 0.771. The van der Waals surface area contributed by atoms with Gasteiger partial charge in [-0.1, -0.05) is 13.0 Å². The van der Waals surface area contributed by atoms with Gasteiger partial charge in [0.1, 0.15) is 0 Å². The van der Waals surface area contributed by atoms with Crippen LogP contribution in [0.15, 0.2) is 18.2 Å². The van der Waals surface area contributed by atoms with Crippen LogP contribution in [0.3, 0.4) is 0 Å². The molecule has 2 rings (SSSR count). The monoisotopic (exact) mass is 235 g/mol. The predicted molar refractivity (Wildman–Crippen MR) is 68.0 cm³/mol. The lowest BCUT2D eigenvalue weighted by atomic mass is 9.87. The first kappa shape index (κ1) is 12.2. The molecule has 0 heterocycles. The minimum absolute atomic E-state index is 0.0402. The third-order valence-electron chi connectivity index (χ3n) is 3.65. The topological polar surface area (TPSA) is 52.5 Å². The molecule has 1 fully saturated rings. The van der Waals surface area contributed by atoms with Gasteiger partial charge in [-0.25, -0.2) is 0 Å². The van der Waals surface area contributed by atoms with Crippen molar-refractivity contribution in [2.45, 2.75) is 45.2 Å². The van der Waals surface area contributed by atoms with Gasteiger partial charge in [-0.2, -0.15) is 0 Å². The third-order valence-corrected chi connectivity index (χ3v) is 3.65. The summed E-state index contributed by atoms with van der Waals surface area (Å²) < 4.78 is 0. The fourth-order valence-electron chi connectivity index (χ4n) is 2.41. The summed E-state index contributed by atoms with van der Waals surface area (Å²) >= 11 is 0. The van der Waals surface area contributed by atoms with Crippen LogP contribution in [-0.4, -0.2) is 16.3 Å². The molecule has 1 aliphatic carbocycles. The summed E-state index contributed by atoms with van der Waals surface area (Å²) in [5.41, 5.74) is 1.01. The van der Waals surface area contributed by atoms with E-state index in [1.54, 1.807) is 6.07 Å². The van der Waals surface area contributed by atoms with Crippen molar-refractivity contribution in [1.82, 2.24) is 5.32 Å². The Morgan fingerprint density at radius 1 is 1.12 bits per heavy atom. The van der Waals surface area contributed by atoms with Crippen LogP contribution in [0.25, 0.3) is 0 Å². The Hall–Kier alpha value is -1.22. The molecule has 0 saturated heterocycles. The van der Waals surface area contributed by atoms with E-state index >= 15 is 0 Å². The van der Waals surface area contributed by atoms with Crippen molar-refractivity contribution in [3.05, 3.63) is 23.8 Å². The molecule has 3 nitrogen and oxygen atoms in total. The number of aromatic hydroxyl groups is 2. The molecular formula is C14H21NO2. The number of nitrogens with one attached hydrogen (secondary N) is 1. The zero-order valence-electron chi connectivity index (χ0n) is 10.3. The second kappa shape index (κ2) is 5.41.